The van der Waals surface area contributed by atoms with Gasteiger partial charge in [0.05, 0.1) is 11.7 Å². The average Bonchev–Trinajstić information content (AvgIpc) is 2.71. The number of nitrogens with zero attached hydrogens (tertiary/aromatic N) is 2. The highest BCUT2D eigenvalue weighted by Gasteiger charge is 2.19. The SMILES string of the molecule is CCCC(C)Cn1cnc2sc(C(=O)O)c(C)c2c1=O. The van der Waals surface area contributed by atoms with Crippen molar-refractivity contribution < 1.29 is 9.90 Å². The monoisotopic (exact) mass is 294 g/mol. The van der Waals surface area contributed by atoms with E-state index in [0.717, 1.165) is 24.2 Å². The van der Waals surface area contributed by atoms with Crippen LogP contribution in [-0.2, 0) is 6.54 Å². The normalized spacial score (nSPS) is 12.8. The fourth-order valence-corrected chi connectivity index (χ4v) is 3.39. The molecular weight excluding hydrogens is 276 g/mol. The van der Waals surface area contributed by atoms with Crippen LogP contribution in [0, 0.1) is 12.8 Å². The average molecular weight is 294 g/mol. The molecule has 6 heteroatoms. The molecule has 2 rings (SSSR count). The summed E-state index contributed by atoms with van der Waals surface area (Å²) in [5.74, 6) is -0.606. The van der Waals surface area contributed by atoms with Crippen molar-refractivity contribution in [3.05, 3.63) is 27.1 Å². The van der Waals surface area contributed by atoms with Crippen LogP contribution in [0.5, 0.6) is 0 Å². The van der Waals surface area contributed by atoms with E-state index in [9.17, 15) is 9.59 Å². The van der Waals surface area contributed by atoms with E-state index in [0.29, 0.717) is 28.2 Å². The van der Waals surface area contributed by atoms with Crippen LogP contribution in [0.25, 0.3) is 10.2 Å². The van der Waals surface area contributed by atoms with Crippen LogP contribution in [0.2, 0.25) is 0 Å². The van der Waals surface area contributed by atoms with Crippen LogP contribution >= 0.6 is 11.3 Å². The lowest BCUT2D eigenvalue weighted by atomic mass is 10.1. The first kappa shape index (κ1) is 14.7. The Balaban J connectivity index is 2.50. The molecule has 0 aliphatic rings. The molecule has 0 saturated heterocycles. The summed E-state index contributed by atoms with van der Waals surface area (Å²) in [6, 6.07) is 0. The number of thiophene rings is 1. The van der Waals surface area contributed by atoms with Gasteiger partial charge in [0.15, 0.2) is 0 Å². The second-order valence-electron chi connectivity index (χ2n) is 5.14. The maximum atomic E-state index is 12.5. The lowest BCUT2D eigenvalue weighted by Gasteiger charge is -2.11. The molecule has 20 heavy (non-hydrogen) atoms. The Kier molecular flexibility index (Phi) is 4.23. The third-order valence-electron chi connectivity index (χ3n) is 3.40. The molecule has 0 radical (unpaired) electrons. The van der Waals surface area contributed by atoms with Gasteiger partial charge in [0.1, 0.15) is 9.71 Å². The summed E-state index contributed by atoms with van der Waals surface area (Å²) in [5, 5.41) is 9.56. The molecule has 0 aliphatic carbocycles. The lowest BCUT2D eigenvalue weighted by Crippen LogP contribution is -2.23. The summed E-state index contributed by atoms with van der Waals surface area (Å²) in [4.78, 5) is 28.5. The van der Waals surface area contributed by atoms with E-state index in [1.807, 2.05) is 0 Å². The number of hydrogen-bond donors (Lipinski definition) is 1. The van der Waals surface area contributed by atoms with Gasteiger partial charge in [-0.05, 0) is 24.8 Å². The highest BCUT2D eigenvalue weighted by molar-refractivity contribution is 7.20. The van der Waals surface area contributed by atoms with Gasteiger partial charge >= 0.3 is 5.97 Å². The molecule has 108 valence electrons. The minimum Gasteiger partial charge on any atom is -0.477 e. The molecule has 2 heterocycles. The number of aromatic carboxylic acids is 1. The fraction of sp³-hybridized carbons (Fsp3) is 0.500. The van der Waals surface area contributed by atoms with Gasteiger partial charge in [-0.15, -0.1) is 11.3 Å². The summed E-state index contributed by atoms with van der Waals surface area (Å²) in [6.45, 7) is 6.50. The third-order valence-corrected chi connectivity index (χ3v) is 4.59. The molecule has 2 aromatic rings. The smallest absolute Gasteiger partial charge is 0.346 e. The molecule has 0 bridgehead atoms. The van der Waals surface area contributed by atoms with Gasteiger partial charge in [-0.1, -0.05) is 20.3 Å². The van der Waals surface area contributed by atoms with Crippen molar-refractivity contribution in [2.24, 2.45) is 5.92 Å². The highest BCUT2D eigenvalue weighted by atomic mass is 32.1. The Morgan fingerprint density at radius 1 is 1.55 bits per heavy atom. The van der Waals surface area contributed by atoms with Crippen molar-refractivity contribution in [1.29, 1.82) is 0 Å². The van der Waals surface area contributed by atoms with Gasteiger partial charge in [-0.3, -0.25) is 9.36 Å². The van der Waals surface area contributed by atoms with E-state index < -0.39 is 5.97 Å². The van der Waals surface area contributed by atoms with Crippen molar-refractivity contribution in [2.45, 2.75) is 40.2 Å². The molecule has 0 saturated carbocycles. The topological polar surface area (TPSA) is 72.2 Å². The Labute approximate surface area is 120 Å². The van der Waals surface area contributed by atoms with E-state index in [1.54, 1.807) is 11.5 Å². The van der Waals surface area contributed by atoms with Crippen LogP contribution in [0.1, 0.15) is 41.9 Å². The molecular formula is C14H18N2O3S. The number of carboxylic acids is 1. The molecule has 1 unspecified atom stereocenters. The number of rotatable bonds is 5. The second-order valence-corrected chi connectivity index (χ2v) is 6.14. The number of fused-ring (bicyclic) bond motifs is 1. The molecule has 0 aliphatic heterocycles. The van der Waals surface area contributed by atoms with Crippen LogP contribution < -0.4 is 5.56 Å². The number of aryl methyl sites for hydroxylation is 1. The maximum Gasteiger partial charge on any atom is 0.346 e. The number of hydrogen-bond acceptors (Lipinski definition) is 4. The minimum absolute atomic E-state index is 0.140. The van der Waals surface area contributed by atoms with Crippen LogP contribution in [0.4, 0.5) is 0 Å². The zero-order valence-corrected chi connectivity index (χ0v) is 12.7. The van der Waals surface area contributed by atoms with Crippen LogP contribution in [-0.4, -0.2) is 20.6 Å². The van der Waals surface area contributed by atoms with Crippen molar-refractivity contribution in [3.63, 3.8) is 0 Å². The van der Waals surface area contributed by atoms with E-state index in [4.69, 9.17) is 5.11 Å². The molecule has 2 aromatic heterocycles. The van der Waals surface area contributed by atoms with Crippen molar-refractivity contribution in [2.75, 3.05) is 0 Å². The summed E-state index contributed by atoms with van der Waals surface area (Å²) in [6.07, 6.45) is 3.65. The zero-order valence-electron chi connectivity index (χ0n) is 11.8. The van der Waals surface area contributed by atoms with E-state index in [1.165, 1.54) is 6.33 Å². The van der Waals surface area contributed by atoms with Crippen molar-refractivity contribution in [3.8, 4) is 0 Å². The molecule has 1 N–H and O–H groups in total. The first-order valence-corrected chi connectivity index (χ1v) is 7.49. The van der Waals surface area contributed by atoms with Crippen LogP contribution in [0.3, 0.4) is 0 Å². The maximum absolute atomic E-state index is 12.5. The first-order valence-electron chi connectivity index (χ1n) is 6.67. The summed E-state index contributed by atoms with van der Waals surface area (Å²) in [7, 11) is 0. The van der Waals surface area contributed by atoms with Gasteiger partial charge in [0, 0.05) is 6.54 Å². The second kappa shape index (κ2) is 5.75. The Morgan fingerprint density at radius 3 is 2.85 bits per heavy atom. The zero-order chi connectivity index (χ0) is 14.9. The molecule has 1 atom stereocenters. The van der Waals surface area contributed by atoms with Gasteiger partial charge in [-0.25, -0.2) is 9.78 Å². The Bertz CT molecular complexity index is 702. The predicted molar refractivity (Wildman–Crippen MR) is 79.6 cm³/mol. The number of aromatic nitrogens is 2. The standard InChI is InChI=1S/C14H18N2O3S/c1-4-5-8(2)6-16-7-15-12-10(13(16)17)9(3)11(20-12)14(18)19/h7-8H,4-6H2,1-3H3,(H,18,19). The predicted octanol–water partition coefficient (Wildman–Crippen LogP) is 2.90. The lowest BCUT2D eigenvalue weighted by molar-refractivity contribution is 0.0701. The Morgan fingerprint density at radius 2 is 2.25 bits per heavy atom. The number of carbonyl (C=O) groups is 1. The first-order chi connectivity index (χ1) is 9.45. The minimum atomic E-state index is -1.00. The summed E-state index contributed by atoms with van der Waals surface area (Å²) < 4.78 is 1.59. The summed E-state index contributed by atoms with van der Waals surface area (Å²) >= 11 is 1.06. The molecule has 5 nitrogen and oxygen atoms in total. The molecule has 0 spiro atoms. The van der Waals surface area contributed by atoms with Crippen molar-refractivity contribution >= 4 is 27.5 Å². The quantitative estimate of drug-likeness (QED) is 0.920. The largest absolute Gasteiger partial charge is 0.477 e. The molecule has 0 fully saturated rings. The third kappa shape index (κ3) is 2.60. The van der Waals surface area contributed by atoms with Gasteiger partial charge in [-0.2, -0.15) is 0 Å². The van der Waals surface area contributed by atoms with Gasteiger partial charge in [0.2, 0.25) is 0 Å². The highest BCUT2D eigenvalue weighted by Crippen LogP contribution is 2.26. The van der Waals surface area contributed by atoms with E-state index in [-0.39, 0.29) is 10.4 Å². The van der Waals surface area contributed by atoms with E-state index >= 15 is 0 Å². The summed E-state index contributed by atoms with van der Waals surface area (Å²) in [5.41, 5.74) is 0.381. The van der Waals surface area contributed by atoms with Gasteiger partial charge < -0.3 is 5.11 Å². The Hall–Kier alpha value is -1.69. The molecule has 0 aromatic carbocycles. The van der Waals surface area contributed by atoms with Crippen LogP contribution in [0.15, 0.2) is 11.1 Å². The van der Waals surface area contributed by atoms with E-state index in [2.05, 4.69) is 18.8 Å². The van der Waals surface area contributed by atoms with Crippen molar-refractivity contribution in [1.82, 2.24) is 9.55 Å². The van der Waals surface area contributed by atoms with Gasteiger partial charge in [0.25, 0.3) is 5.56 Å². The fourth-order valence-electron chi connectivity index (χ4n) is 2.41. The number of carboxylic acid groups (broad SMARTS) is 1. The molecule has 0 amide bonds.